The fourth-order valence-corrected chi connectivity index (χ4v) is 0.528. The molecule has 4 N–H and O–H groups in total. The van der Waals surface area contributed by atoms with E-state index in [4.69, 9.17) is 11.6 Å². The summed E-state index contributed by atoms with van der Waals surface area (Å²) in [4.78, 5) is 10.7. The number of hydrogen-bond donors (Lipinski definition) is 2. The van der Waals surface area contributed by atoms with Crippen LogP contribution in [0, 0.1) is 0 Å². The smallest absolute Gasteiger partial charge is 0.306 e. The molecule has 0 aromatic heterocycles. The van der Waals surface area contributed by atoms with Gasteiger partial charge < -0.3 is 16.3 Å². The molecule has 0 aromatic carbocycles. The number of esters is 1. The number of amidine groups is 1. The van der Waals surface area contributed by atoms with Gasteiger partial charge in [0.1, 0.15) is 5.84 Å². The number of hydrazone groups is 1. The zero-order chi connectivity index (χ0) is 8.69. The van der Waals surface area contributed by atoms with Crippen molar-refractivity contribution in [2.75, 3.05) is 6.61 Å². The molecule has 0 saturated heterocycles. The normalized spacial score (nSPS) is 11.2. The van der Waals surface area contributed by atoms with Crippen LogP contribution in [0.25, 0.3) is 0 Å². The number of ether oxygens (including phenoxy) is 1. The van der Waals surface area contributed by atoms with Crippen LogP contribution in [0.1, 0.15) is 19.8 Å². The van der Waals surface area contributed by atoms with Crippen molar-refractivity contribution in [1.82, 2.24) is 0 Å². The highest BCUT2D eigenvalue weighted by Gasteiger charge is 2.01. The molecule has 0 aromatic rings. The van der Waals surface area contributed by atoms with Crippen molar-refractivity contribution in [2.24, 2.45) is 16.7 Å². The highest BCUT2D eigenvalue weighted by Crippen LogP contribution is 1.91. The van der Waals surface area contributed by atoms with E-state index in [1.807, 2.05) is 0 Å². The van der Waals surface area contributed by atoms with Crippen molar-refractivity contribution in [3.05, 3.63) is 0 Å². The van der Waals surface area contributed by atoms with Gasteiger partial charge in [0.2, 0.25) is 0 Å². The number of nitrogens with zero attached hydrogens (tertiary/aromatic N) is 1. The monoisotopic (exact) mass is 159 g/mol. The first-order chi connectivity index (χ1) is 5.20. The molecule has 0 radical (unpaired) electrons. The summed E-state index contributed by atoms with van der Waals surface area (Å²) in [5.41, 5.74) is 5.23. The molecule has 0 aliphatic rings. The Balaban J connectivity index is 3.46. The number of nitrogens with two attached hydrogens (primary N) is 2. The van der Waals surface area contributed by atoms with Crippen LogP contribution >= 0.6 is 0 Å². The van der Waals surface area contributed by atoms with Crippen LogP contribution in [0.5, 0.6) is 0 Å². The van der Waals surface area contributed by atoms with E-state index in [0.717, 1.165) is 0 Å². The fourth-order valence-electron chi connectivity index (χ4n) is 0.528. The van der Waals surface area contributed by atoms with Gasteiger partial charge in [0.15, 0.2) is 0 Å². The predicted octanol–water partition coefficient (Wildman–Crippen LogP) is -0.439. The van der Waals surface area contributed by atoms with Gasteiger partial charge in [0, 0.05) is 6.42 Å². The molecular formula is C6H13N3O2. The minimum atomic E-state index is -0.279. The first-order valence-corrected chi connectivity index (χ1v) is 3.38. The zero-order valence-corrected chi connectivity index (χ0v) is 6.54. The first-order valence-electron chi connectivity index (χ1n) is 3.38. The van der Waals surface area contributed by atoms with E-state index in [1.54, 1.807) is 6.92 Å². The number of carbonyl (C=O) groups is 1. The van der Waals surface area contributed by atoms with Crippen molar-refractivity contribution >= 4 is 11.8 Å². The number of carbonyl (C=O) groups excluding carboxylic acids is 1. The molecule has 0 aliphatic carbocycles. The SMILES string of the molecule is CCOC(=O)CC/C(N)=N\N. The largest absolute Gasteiger partial charge is 0.466 e. The minimum absolute atomic E-state index is 0.236. The first kappa shape index (κ1) is 9.74. The van der Waals surface area contributed by atoms with Gasteiger partial charge in [0.25, 0.3) is 0 Å². The van der Waals surface area contributed by atoms with Gasteiger partial charge in [-0.05, 0) is 6.92 Å². The van der Waals surface area contributed by atoms with Gasteiger partial charge >= 0.3 is 5.97 Å². The molecule has 0 saturated carbocycles. The van der Waals surface area contributed by atoms with E-state index >= 15 is 0 Å². The lowest BCUT2D eigenvalue weighted by molar-refractivity contribution is -0.142. The van der Waals surface area contributed by atoms with E-state index in [9.17, 15) is 4.79 Å². The maximum absolute atomic E-state index is 10.7. The Morgan fingerprint density at radius 3 is 2.64 bits per heavy atom. The summed E-state index contributed by atoms with van der Waals surface area (Å²) < 4.78 is 4.65. The summed E-state index contributed by atoms with van der Waals surface area (Å²) in [6, 6.07) is 0. The summed E-state index contributed by atoms with van der Waals surface area (Å²) in [6.07, 6.45) is 0.593. The third kappa shape index (κ3) is 5.20. The molecule has 0 atom stereocenters. The molecule has 0 heterocycles. The summed E-state index contributed by atoms with van der Waals surface area (Å²) >= 11 is 0. The standard InChI is InChI=1S/C6H13N3O2/c1-2-11-6(10)4-3-5(7)9-8/h2-4,8H2,1H3,(H2,7,9). The van der Waals surface area contributed by atoms with Crippen molar-refractivity contribution in [2.45, 2.75) is 19.8 Å². The number of rotatable bonds is 4. The van der Waals surface area contributed by atoms with Crippen molar-refractivity contribution in [3.63, 3.8) is 0 Å². The van der Waals surface area contributed by atoms with E-state index in [-0.39, 0.29) is 18.2 Å². The lowest BCUT2D eigenvalue weighted by Crippen LogP contribution is -2.16. The highest BCUT2D eigenvalue weighted by atomic mass is 16.5. The maximum atomic E-state index is 10.7. The summed E-state index contributed by atoms with van der Waals surface area (Å²) in [6.45, 7) is 2.14. The van der Waals surface area contributed by atoms with Gasteiger partial charge in [0.05, 0.1) is 13.0 Å². The Hall–Kier alpha value is -1.26. The third-order valence-electron chi connectivity index (χ3n) is 1.06. The molecule has 0 spiro atoms. The molecule has 0 amide bonds. The molecule has 0 aliphatic heterocycles. The predicted molar refractivity (Wildman–Crippen MR) is 41.7 cm³/mol. The Morgan fingerprint density at radius 2 is 2.18 bits per heavy atom. The summed E-state index contributed by atoms with van der Waals surface area (Å²) in [7, 11) is 0. The molecule has 5 heteroatoms. The Bertz CT molecular complexity index is 156. The summed E-state index contributed by atoms with van der Waals surface area (Å²) in [5, 5.41) is 3.21. The van der Waals surface area contributed by atoms with Crippen molar-refractivity contribution in [3.8, 4) is 0 Å². The maximum Gasteiger partial charge on any atom is 0.306 e. The van der Waals surface area contributed by atoms with Gasteiger partial charge in [-0.1, -0.05) is 0 Å². The quantitative estimate of drug-likeness (QED) is 0.191. The molecule has 64 valence electrons. The van der Waals surface area contributed by atoms with Gasteiger partial charge in [-0.3, -0.25) is 4.79 Å². The fraction of sp³-hybridized carbons (Fsp3) is 0.667. The lowest BCUT2D eigenvalue weighted by atomic mass is 10.3. The van der Waals surface area contributed by atoms with E-state index < -0.39 is 0 Å². The Labute approximate surface area is 65.4 Å². The van der Waals surface area contributed by atoms with Gasteiger partial charge in [-0.25, -0.2) is 0 Å². The molecular weight excluding hydrogens is 146 g/mol. The van der Waals surface area contributed by atoms with Crippen molar-refractivity contribution in [1.29, 1.82) is 0 Å². The Morgan fingerprint density at radius 1 is 1.55 bits per heavy atom. The molecule has 0 bridgehead atoms. The van der Waals surface area contributed by atoms with E-state index in [1.165, 1.54) is 0 Å². The molecule has 0 unspecified atom stereocenters. The van der Waals surface area contributed by atoms with Crippen LogP contribution in [0.3, 0.4) is 0 Å². The average molecular weight is 159 g/mol. The molecule has 0 rings (SSSR count). The second kappa shape index (κ2) is 5.52. The average Bonchev–Trinajstić information content (AvgIpc) is 2.01. The van der Waals surface area contributed by atoms with E-state index in [0.29, 0.717) is 13.0 Å². The number of hydrogen-bond acceptors (Lipinski definition) is 4. The molecule has 5 nitrogen and oxygen atoms in total. The topological polar surface area (TPSA) is 90.7 Å². The highest BCUT2D eigenvalue weighted by molar-refractivity contribution is 5.83. The van der Waals surface area contributed by atoms with Gasteiger partial charge in [-0.2, -0.15) is 5.10 Å². The van der Waals surface area contributed by atoms with Crippen LogP contribution in [0.2, 0.25) is 0 Å². The zero-order valence-electron chi connectivity index (χ0n) is 6.54. The van der Waals surface area contributed by atoms with Crippen LogP contribution in [-0.4, -0.2) is 18.4 Å². The minimum Gasteiger partial charge on any atom is -0.466 e. The van der Waals surface area contributed by atoms with Crippen LogP contribution < -0.4 is 11.6 Å². The van der Waals surface area contributed by atoms with Crippen LogP contribution in [0.4, 0.5) is 0 Å². The second-order valence-corrected chi connectivity index (χ2v) is 1.93. The third-order valence-corrected chi connectivity index (χ3v) is 1.06. The van der Waals surface area contributed by atoms with Gasteiger partial charge in [-0.15, -0.1) is 0 Å². The van der Waals surface area contributed by atoms with E-state index in [2.05, 4.69) is 9.84 Å². The Kier molecular flexibility index (Phi) is 4.89. The van der Waals surface area contributed by atoms with Crippen molar-refractivity contribution < 1.29 is 9.53 Å². The molecule has 11 heavy (non-hydrogen) atoms. The van der Waals surface area contributed by atoms with Crippen LogP contribution in [0.15, 0.2) is 5.10 Å². The molecule has 0 fully saturated rings. The second-order valence-electron chi connectivity index (χ2n) is 1.93. The van der Waals surface area contributed by atoms with Crippen LogP contribution in [-0.2, 0) is 9.53 Å². The summed E-state index contributed by atoms with van der Waals surface area (Å²) in [5.74, 6) is 4.83. The lowest BCUT2D eigenvalue weighted by Gasteiger charge is -1.99.